The van der Waals surface area contributed by atoms with Gasteiger partial charge in [-0.1, -0.05) is 12.8 Å². The van der Waals surface area contributed by atoms with Gasteiger partial charge in [0, 0.05) is 53.6 Å². The molecule has 1 amide bonds. The maximum absolute atomic E-state index is 13.0. The van der Waals surface area contributed by atoms with E-state index in [4.69, 9.17) is 9.47 Å². The summed E-state index contributed by atoms with van der Waals surface area (Å²) >= 11 is 0. The zero-order valence-corrected chi connectivity index (χ0v) is 18.7. The Balaban J connectivity index is 1.56. The van der Waals surface area contributed by atoms with Gasteiger partial charge in [-0.2, -0.15) is 0 Å². The summed E-state index contributed by atoms with van der Waals surface area (Å²) < 4.78 is 11.1. The maximum atomic E-state index is 13.0. The number of nitrogens with zero attached hydrogens (tertiary/aromatic N) is 2. The number of aryl methyl sites for hydroxylation is 1. The number of fused-ring (bicyclic) bond motifs is 1. The molecule has 7 nitrogen and oxygen atoms in total. The number of amides is 1. The molecule has 1 aliphatic carbocycles. The Hall–Kier alpha value is -3.06. The molecular weight excluding hydrogens is 404 g/mol. The summed E-state index contributed by atoms with van der Waals surface area (Å²) in [7, 11) is 1.65. The van der Waals surface area contributed by atoms with Crippen molar-refractivity contribution in [1.82, 2.24) is 14.9 Å². The maximum Gasteiger partial charge on any atom is 0.254 e. The second kappa shape index (κ2) is 8.82. The summed E-state index contributed by atoms with van der Waals surface area (Å²) in [5, 5.41) is 4.93. The van der Waals surface area contributed by atoms with Crippen molar-refractivity contribution in [1.29, 1.82) is 0 Å². The molecule has 1 aliphatic heterocycles. The molecule has 0 atom stereocenters. The molecule has 0 unspecified atom stereocenters. The number of hydrogen-bond acceptors (Lipinski definition) is 5. The first-order valence-corrected chi connectivity index (χ1v) is 11.4. The first-order valence-electron chi connectivity index (χ1n) is 11.4. The molecule has 2 fully saturated rings. The van der Waals surface area contributed by atoms with Gasteiger partial charge in [-0.15, -0.1) is 0 Å². The lowest BCUT2D eigenvalue weighted by atomic mass is 9.99. The minimum absolute atomic E-state index is 0.0116. The monoisotopic (exact) mass is 434 g/mol. The van der Waals surface area contributed by atoms with Crippen molar-refractivity contribution in [2.45, 2.75) is 38.6 Å². The van der Waals surface area contributed by atoms with Gasteiger partial charge in [-0.3, -0.25) is 4.79 Å². The van der Waals surface area contributed by atoms with Crippen LogP contribution in [0.15, 0.2) is 30.6 Å². The Morgan fingerprint density at radius 1 is 1.22 bits per heavy atom. The predicted octanol–water partition coefficient (Wildman–Crippen LogP) is 4.37. The number of pyridine rings is 1. The molecule has 1 aromatic carbocycles. The van der Waals surface area contributed by atoms with Crippen LogP contribution in [0.3, 0.4) is 0 Å². The van der Waals surface area contributed by atoms with Gasteiger partial charge >= 0.3 is 0 Å². The molecule has 5 rings (SSSR count). The molecule has 7 heteroatoms. The third kappa shape index (κ3) is 3.81. The molecule has 0 radical (unpaired) electrons. The topological polar surface area (TPSA) is 79.5 Å². The van der Waals surface area contributed by atoms with Crippen molar-refractivity contribution in [3.05, 3.63) is 41.7 Å². The van der Waals surface area contributed by atoms with Crippen LogP contribution >= 0.6 is 0 Å². The lowest BCUT2D eigenvalue weighted by Gasteiger charge is -2.27. The number of carbonyl (C=O) groups excluding carboxylic acids is 1. The Morgan fingerprint density at radius 3 is 2.75 bits per heavy atom. The highest BCUT2D eigenvalue weighted by Gasteiger charge is 2.23. The molecule has 1 saturated heterocycles. The van der Waals surface area contributed by atoms with Gasteiger partial charge in [0.05, 0.1) is 26.0 Å². The number of morpholine rings is 1. The minimum atomic E-state index is 0.0116. The van der Waals surface area contributed by atoms with Crippen molar-refractivity contribution in [2.24, 2.45) is 0 Å². The van der Waals surface area contributed by atoms with Crippen LogP contribution in [0.1, 0.15) is 41.6 Å². The van der Waals surface area contributed by atoms with E-state index in [0.717, 1.165) is 33.4 Å². The molecule has 0 bridgehead atoms. The van der Waals surface area contributed by atoms with E-state index in [9.17, 15) is 4.79 Å². The summed E-state index contributed by atoms with van der Waals surface area (Å²) in [6.45, 7) is 4.50. The van der Waals surface area contributed by atoms with Gasteiger partial charge in [0.1, 0.15) is 11.4 Å². The Labute approximate surface area is 188 Å². The summed E-state index contributed by atoms with van der Waals surface area (Å²) in [5.74, 6) is 0.686. The van der Waals surface area contributed by atoms with Crippen LogP contribution < -0.4 is 10.1 Å². The SMILES string of the molecule is COc1cc(C(=O)N2CCOCC2)ccc1-c1cnc2[nH]cc(C)c2c1NC1CCCC1. The number of aromatic amines is 1. The normalized spacial score (nSPS) is 17.1. The van der Waals surface area contributed by atoms with E-state index in [1.54, 1.807) is 7.11 Å². The fraction of sp³-hybridized carbons (Fsp3) is 0.440. The third-order valence-electron chi connectivity index (χ3n) is 6.64. The van der Waals surface area contributed by atoms with Gasteiger partial charge < -0.3 is 24.7 Å². The molecule has 0 spiro atoms. The van der Waals surface area contributed by atoms with Crippen molar-refractivity contribution in [3.8, 4) is 16.9 Å². The van der Waals surface area contributed by atoms with Crippen LogP contribution in [0.2, 0.25) is 0 Å². The molecule has 32 heavy (non-hydrogen) atoms. The van der Waals surface area contributed by atoms with Gasteiger partial charge in [0.15, 0.2) is 0 Å². The molecule has 2 aliphatic rings. The molecular formula is C25H30N4O3. The number of benzene rings is 1. The summed E-state index contributed by atoms with van der Waals surface area (Å²) in [5.41, 5.74) is 5.68. The lowest BCUT2D eigenvalue weighted by Crippen LogP contribution is -2.40. The first kappa shape index (κ1) is 20.8. The van der Waals surface area contributed by atoms with Crippen LogP contribution in [0, 0.1) is 6.92 Å². The number of carbonyl (C=O) groups is 1. The molecule has 3 aromatic rings. The quantitative estimate of drug-likeness (QED) is 0.623. The number of hydrogen-bond donors (Lipinski definition) is 2. The van der Waals surface area contributed by atoms with E-state index in [1.165, 1.54) is 25.7 Å². The van der Waals surface area contributed by atoms with E-state index in [2.05, 4.69) is 22.2 Å². The number of anilines is 1. The first-order chi connectivity index (χ1) is 15.7. The van der Waals surface area contributed by atoms with Gasteiger partial charge in [0.25, 0.3) is 5.91 Å². The smallest absolute Gasteiger partial charge is 0.254 e. The van der Waals surface area contributed by atoms with Crippen molar-refractivity contribution in [2.75, 3.05) is 38.7 Å². The predicted molar refractivity (Wildman–Crippen MR) is 125 cm³/mol. The highest BCUT2D eigenvalue weighted by atomic mass is 16.5. The van der Waals surface area contributed by atoms with E-state index < -0.39 is 0 Å². The molecule has 168 valence electrons. The molecule has 2 N–H and O–H groups in total. The van der Waals surface area contributed by atoms with Crippen LogP contribution in [-0.2, 0) is 4.74 Å². The largest absolute Gasteiger partial charge is 0.496 e. The minimum Gasteiger partial charge on any atom is -0.496 e. The summed E-state index contributed by atoms with van der Waals surface area (Å²) in [4.78, 5) is 22.8. The van der Waals surface area contributed by atoms with E-state index in [1.807, 2.05) is 35.5 Å². The van der Waals surface area contributed by atoms with E-state index >= 15 is 0 Å². The summed E-state index contributed by atoms with van der Waals surface area (Å²) in [6.07, 6.45) is 8.78. The van der Waals surface area contributed by atoms with Crippen LogP contribution in [0.25, 0.3) is 22.2 Å². The lowest BCUT2D eigenvalue weighted by molar-refractivity contribution is 0.0302. The van der Waals surface area contributed by atoms with Crippen molar-refractivity contribution < 1.29 is 14.3 Å². The fourth-order valence-electron chi connectivity index (χ4n) is 4.88. The molecule has 2 aromatic heterocycles. The third-order valence-corrected chi connectivity index (χ3v) is 6.64. The van der Waals surface area contributed by atoms with Gasteiger partial charge in [0.2, 0.25) is 0 Å². The van der Waals surface area contributed by atoms with Gasteiger partial charge in [-0.05, 0) is 43.5 Å². The average Bonchev–Trinajstić information content (AvgIpc) is 3.49. The number of aromatic nitrogens is 2. The van der Waals surface area contributed by atoms with Gasteiger partial charge in [-0.25, -0.2) is 4.98 Å². The molecule has 3 heterocycles. The second-order valence-electron chi connectivity index (χ2n) is 8.69. The van der Waals surface area contributed by atoms with E-state index in [-0.39, 0.29) is 5.91 Å². The average molecular weight is 435 g/mol. The number of ether oxygens (including phenoxy) is 2. The number of H-pyrrole nitrogens is 1. The van der Waals surface area contributed by atoms with Crippen LogP contribution in [0.4, 0.5) is 5.69 Å². The Bertz CT molecular complexity index is 1130. The summed E-state index contributed by atoms with van der Waals surface area (Å²) in [6, 6.07) is 6.18. The zero-order valence-electron chi connectivity index (χ0n) is 18.7. The van der Waals surface area contributed by atoms with Crippen LogP contribution in [0.5, 0.6) is 5.75 Å². The second-order valence-corrected chi connectivity index (χ2v) is 8.69. The standard InChI is InChI=1S/C25H30N4O3/c1-16-14-26-24-22(16)23(28-18-5-3-4-6-18)20(15-27-24)19-8-7-17(13-21(19)31-2)25(30)29-9-11-32-12-10-29/h7-8,13-15,18H,3-6,9-12H2,1-2H3,(H2,26,27,28). The number of nitrogens with one attached hydrogen (secondary N) is 2. The number of rotatable bonds is 5. The Kier molecular flexibility index (Phi) is 5.74. The molecule has 1 saturated carbocycles. The zero-order chi connectivity index (χ0) is 22.1. The Morgan fingerprint density at radius 2 is 2.00 bits per heavy atom. The van der Waals surface area contributed by atoms with Crippen LogP contribution in [-0.4, -0.2) is 60.2 Å². The highest BCUT2D eigenvalue weighted by Crippen LogP contribution is 2.41. The van der Waals surface area contributed by atoms with Crippen molar-refractivity contribution in [3.63, 3.8) is 0 Å². The van der Waals surface area contributed by atoms with E-state index in [0.29, 0.717) is 43.7 Å². The fourth-order valence-corrected chi connectivity index (χ4v) is 4.88. The van der Waals surface area contributed by atoms with Crippen molar-refractivity contribution >= 4 is 22.6 Å². The highest BCUT2D eigenvalue weighted by molar-refractivity contribution is 6.02. The number of methoxy groups -OCH3 is 1.